The summed E-state index contributed by atoms with van der Waals surface area (Å²) in [6.07, 6.45) is 0.0167. The van der Waals surface area contributed by atoms with E-state index >= 15 is 0 Å². The third-order valence-electron chi connectivity index (χ3n) is 6.16. The Hall–Kier alpha value is -2.28. The largest absolute Gasteiger partial charge is 0.438 e. The molecule has 0 saturated heterocycles. The summed E-state index contributed by atoms with van der Waals surface area (Å²) < 4.78 is 18.7. The highest BCUT2D eigenvalue weighted by molar-refractivity contribution is 6.70. The van der Waals surface area contributed by atoms with Crippen molar-refractivity contribution in [2.75, 3.05) is 0 Å². The molecule has 1 aliphatic rings. The number of carbonyl (C=O) groups is 1. The van der Waals surface area contributed by atoms with E-state index in [9.17, 15) is 4.79 Å². The molecule has 0 saturated carbocycles. The zero-order valence-corrected chi connectivity index (χ0v) is 21.3. The van der Waals surface area contributed by atoms with Crippen molar-refractivity contribution in [3.63, 3.8) is 0 Å². The first-order valence-electron chi connectivity index (χ1n) is 11.7. The van der Waals surface area contributed by atoms with E-state index in [0.29, 0.717) is 0 Å². The quantitative estimate of drug-likeness (QED) is 0.402. The Balaban J connectivity index is 1.95. The number of Topliss-reactive ketones (excluding diaryl/α,β-unsaturated/α-hetero) is 1. The summed E-state index contributed by atoms with van der Waals surface area (Å²) in [5.74, 6) is -0.360. The lowest BCUT2D eigenvalue weighted by Gasteiger charge is -2.39. The number of ketones is 1. The average molecular weight is 457 g/mol. The molecule has 0 heterocycles. The van der Waals surface area contributed by atoms with E-state index in [1.165, 1.54) is 11.1 Å². The zero-order chi connectivity index (χ0) is 25.3. The number of carbonyl (C=O) groups excluding carboxylic acids is 1. The fourth-order valence-corrected chi connectivity index (χ4v) is 4.51. The van der Waals surface area contributed by atoms with E-state index in [1.54, 1.807) is 21.3 Å². The van der Waals surface area contributed by atoms with Crippen LogP contribution in [0.3, 0.4) is 0 Å². The monoisotopic (exact) mass is 457 g/mol. The molecule has 0 fully saturated rings. The highest BCUT2D eigenvalue weighted by Gasteiger charge is 2.53. The van der Waals surface area contributed by atoms with Crippen molar-refractivity contribution >= 4 is 27.7 Å². The van der Waals surface area contributed by atoms with Crippen LogP contribution >= 0.6 is 0 Å². The van der Waals surface area contributed by atoms with Crippen LogP contribution in [0.2, 0.25) is 6.82 Å². The van der Waals surface area contributed by atoms with Crippen molar-refractivity contribution in [2.24, 2.45) is 5.73 Å². The van der Waals surface area contributed by atoms with E-state index in [1.807, 2.05) is 54.1 Å². The minimum absolute atomic E-state index is 0.0167. The highest BCUT2D eigenvalue weighted by atomic mass is 16.5. The predicted molar refractivity (Wildman–Crippen MR) is 141 cm³/mol. The average Bonchev–Trinajstić information content (AvgIpc) is 3.06. The molecule has 5 nitrogen and oxygen atoms in total. The Morgan fingerprint density at radius 3 is 2.00 bits per heavy atom. The Morgan fingerprint density at radius 2 is 1.53 bits per heavy atom. The molecule has 2 aromatic rings. The van der Waals surface area contributed by atoms with Gasteiger partial charge >= 0.3 is 15.0 Å². The maximum Gasteiger partial charge on any atom is 0.326 e. The van der Waals surface area contributed by atoms with Crippen molar-refractivity contribution in [3.8, 4) is 11.1 Å². The van der Waals surface area contributed by atoms with Gasteiger partial charge in [0.25, 0.3) is 6.92 Å². The van der Waals surface area contributed by atoms with Crippen LogP contribution in [0, 0.1) is 0 Å². The van der Waals surface area contributed by atoms with E-state index in [4.69, 9.17) is 19.7 Å². The number of benzene rings is 2. The number of hydrogen-bond acceptors (Lipinski definition) is 5. The van der Waals surface area contributed by atoms with Gasteiger partial charge in [0.05, 0.1) is 5.70 Å². The van der Waals surface area contributed by atoms with Gasteiger partial charge in [-0.15, -0.1) is 0 Å². The molecule has 0 bridgehead atoms. The van der Waals surface area contributed by atoms with E-state index in [0.717, 1.165) is 11.1 Å². The van der Waals surface area contributed by atoms with Gasteiger partial charge in [0.2, 0.25) is 5.78 Å². The standard InChI is InChI=1S/C26H34B3NO4/c1-17(2)32-28-26(21-15-11-9-13-19(21)20-14-10-12-16-22(20)26)29(8)34-25(6,7)27-33-24(4,5)23(31)18(3)30/h9-17H,3,30H2,1-2,4-8H3. The summed E-state index contributed by atoms with van der Waals surface area (Å²) in [4.78, 5) is 12.4. The number of fused-ring (bicyclic) bond motifs is 3. The molecule has 0 aliphatic heterocycles. The van der Waals surface area contributed by atoms with Crippen molar-refractivity contribution in [1.82, 2.24) is 0 Å². The summed E-state index contributed by atoms with van der Waals surface area (Å²) in [6, 6.07) is 16.7. The summed E-state index contributed by atoms with van der Waals surface area (Å²) >= 11 is 0. The smallest absolute Gasteiger partial charge is 0.326 e. The third kappa shape index (κ3) is 5.04. The zero-order valence-electron chi connectivity index (χ0n) is 21.3. The Labute approximate surface area is 206 Å². The first-order valence-corrected chi connectivity index (χ1v) is 11.7. The molecule has 2 radical (unpaired) electrons. The molecule has 8 heteroatoms. The number of nitrogens with two attached hydrogens (primary N) is 1. The van der Waals surface area contributed by atoms with Crippen LogP contribution in [-0.2, 0) is 24.0 Å². The summed E-state index contributed by atoms with van der Waals surface area (Å²) in [5.41, 5.74) is 8.21. The minimum Gasteiger partial charge on any atom is -0.438 e. The van der Waals surface area contributed by atoms with Crippen LogP contribution in [0.25, 0.3) is 11.1 Å². The van der Waals surface area contributed by atoms with Gasteiger partial charge in [-0.25, -0.2) is 0 Å². The Morgan fingerprint density at radius 1 is 1.03 bits per heavy atom. The fraction of sp³-hybridized carbons (Fsp3) is 0.423. The lowest BCUT2D eigenvalue weighted by molar-refractivity contribution is -0.128. The Bertz CT molecular complexity index is 1020. The molecule has 0 spiro atoms. The van der Waals surface area contributed by atoms with Crippen molar-refractivity contribution in [1.29, 1.82) is 0 Å². The number of rotatable bonds is 11. The van der Waals surface area contributed by atoms with Gasteiger partial charge in [-0.05, 0) is 63.8 Å². The van der Waals surface area contributed by atoms with Gasteiger partial charge in [0.1, 0.15) is 5.60 Å². The second-order valence-corrected chi connectivity index (χ2v) is 10.2. The van der Waals surface area contributed by atoms with Crippen molar-refractivity contribution in [2.45, 2.75) is 70.8 Å². The van der Waals surface area contributed by atoms with Gasteiger partial charge < -0.3 is 19.7 Å². The maximum atomic E-state index is 12.4. The van der Waals surface area contributed by atoms with Crippen LogP contribution in [0.5, 0.6) is 0 Å². The van der Waals surface area contributed by atoms with Gasteiger partial charge in [-0.2, -0.15) is 0 Å². The summed E-state index contributed by atoms with van der Waals surface area (Å²) in [7, 11) is 3.49. The van der Waals surface area contributed by atoms with Crippen LogP contribution in [-0.4, -0.2) is 44.9 Å². The molecule has 176 valence electrons. The SMILES string of the molecule is C=C(N)C(=O)C(C)(C)O[B]C(C)(C)OB(C)C1([B]OC(C)C)c2ccccc2-c2ccccc21. The normalized spacial score (nSPS) is 14.4. The Kier molecular flexibility index (Phi) is 7.56. The van der Waals surface area contributed by atoms with Crippen LogP contribution in [0.15, 0.2) is 60.8 Å². The molecule has 0 aromatic heterocycles. The van der Waals surface area contributed by atoms with Crippen molar-refractivity contribution < 1.29 is 18.8 Å². The van der Waals surface area contributed by atoms with E-state index in [-0.39, 0.29) is 24.5 Å². The molecular weight excluding hydrogens is 423 g/mol. The molecule has 0 unspecified atom stereocenters. The first-order chi connectivity index (χ1) is 15.8. The summed E-state index contributed by atoms with van der Waals surface area (Å²) in [6.45, 7) is 16.4. The van der Waals surface area contributed by atoms with Gasteiger partial charge in [0.15, 0.2) is 0 Å². The highest BCUT2D eigenvalue weighted by Crippen LogP contribution is 2.50. The summed E-state index contributed by atoms with van der Waals surface area (Å²) in [5, 5.41) is -0.626. The molecule has 34 heavy (non-hydrogen) atoms. The van der Waals surface area contributed by atoms with E-state index in [2.05, 4.69) is 43.0 Å². The van der Waals surface area contributed by atoms with E-state index < -0.39 is 16.3 Å². The lowest BCUT2D eigenvalue weighted by Crippen LogP contribution is -2.54. The molecule has 2 N–H and O–H groups in total. The molecule has 3 rings (SSSR count). The molecule has 1 aliphatic carbocycles. The first kappa shape index (κ1) is 26.3. The second-order valence-electron chi connectivity index (χ2n) is 10.2. The maximum absolute atomic E-state index is 12.4. The van der Waals surface area contributed by atoms with Crippen LogP contribution < -0.4 is 5.73 Å². The lowest BCUT2D eigenvalue weighted by atomic mass is 9.32. The minimum atomic E-state index is -1.15. The van der Waals surface area contributed by atoms with Gasteiger partial charge in [-0.3, -0.25) is 4.79 Å². The molecular formula is C26H34B3NO4. The third-order valence-corrected chi connectivity index (χ3v) is 6.16. The number of hydrogen-bond donors (Lipinski definition) is 1. The van der Waals surface area contributed by atoms with Gasteiger partial charge in [0, 0.05) is 16.8 Å². The fourth-order valence-electron chi connectivity index (χ4n) is 4.51. The van der Waals surface area contributed by atoms with Crippen LogP contribution in [0.1, 0.15) is 52.7 Å². The second kappa shape index (κ2) is 9.77. The van der Waals surface area contributed by atoms with Crippen LogP contribution in [0.4, 0.5) is 0 Å². The topological polar surface area (TPSA) is 70.8 Å². The van der Waals surface area contributed by atoms with Crippen molar-refractivity contribution in [3.05, 3.63) is 71.9 Å². The van der Waals surface area contributed by atoms with Gasteiger partial charge in [-0.1, -0.05) is 61.9 Å². The molecule has 0 atom stereocenters. The molecule has 0 amide bonds. The predicted octanol–water partition coefficient (Wildman–Crippen LogP) is 4.32. The molecule has 2 aromatic carbocycles.